The summed E-state index contributed by atoms with van der Waals surface area (Å²) in [5, 5.41) is 0. The molecule has 1 atom stereocenters. The highest BCUT2D eigenvalue weighted by atomic mass is 15.1. The lowest BCUT2D eigenvalue weighted by atomic mass is 9.83. The summed E-state index contributed by atoms with van der Waals surface area (Å²) in [7, 11) is 2.17. The van der Waals surface area contributed by atoms with E-state index in [4.69, 9.17) is 4.98 Å². The topological polar surface area (TPSA) is 21.1 Å². The van der Waals surface area contributed by atoms with Crippen LogP contribution in [0.15, 0.2) is 37.1 Å². The number of aryl methyl sites for hydroxylation is 1. The molecule has 1 aliphatic heterocycles. The Bertz CT molecular complexity index is 671. The van der Waals surface area contributed by atoms with Gasteiger partial charge in [0.25, 0.3) is 0 Å². The van der Waals surface area contributed by atoms with Crippen LogP contribution in [0.25, 0.3) is 5.57 Å². The average Bonchev–Trinajstić information content (AvgIpc) is 3.46. The quantitative estimate of drug-likeness (QED) is 0.379. The lowest BCUT2D eigenvalue weighted by molar-refractivity contribution is 0.317. The molecule has 2 heterocycles. The summed E-state index contributed by atoms with van der Waals surface area (Å²) in [6.07, 6.45) is 22.6. The maximum Gasteiger partial charge on any atom is 0.112 e. The molecule has 1 saturated carbocycles. The van der Waals surface area contributed by atoms with Crippen LogP contribution in [0.2, 0.25) is 0 Å². The van der Waals surface area contributed by atoms with Gasteiger partial charge >= 0.3 is 0 Å². The van der Waals surface area contributed by atoms with Crippen LogP contribution < -0.4 is 0 Å². The normalized spacial score (nSPS) is 18.6. The van der Waals surface area contributed by atoms with Crippen molar-refractivity contribution in [3.63, 3.8) is 0 Å². The van der Waals surface area contributed by atoms with Gasteiger partial charge in [-0.1, -0.05) is 90.7 Å². The molecule has 1 aromatic rings. The fraction of sp³-hybridized carbons (Fsp3) is 0.690. The second kappa shape index (κ2) is 16.9. The van der Waals surface area contributed by atoms with E-state index < -0.39 is 0 Å². The molecule has 0 aromatic carbocycles. The molecule has 0 N–H and O–H groups in total. The number of hydrogen-bond donors (Lipinski definition) is 0. The molecule has 1 aliphatic carbocycles. The van der Waals surface area contributed by atoms with E-state index in [1.807, 2.05) is 32.9 Å². The van der Waals surface area contributed by atoms with Crippen molar-refractivity contribution >= 4 is 5.57 Å². The molecule has 3 heteroatoms. The van der Waals surface area contributed by atoms with Crippen molar-refractivity contribution in [3.05, 3.63) is 48.6 Å². The molecular formula is C29H51N3. The third kappa shape index (κ3) is 9.90. The molecule has 0 amide bonds. The average molecular weight is 442 g/mol. The van der Waals surface area contributed by atoms with E-state index in [-0.39, 0.29) is 0 Å². The Morgan fingerprint density at radius 2 is 1.81 bits per heavy atom. The van der Waals surface area contributed by atoms with E-state index in [0.717, 1.165) is 30.2 Å². The molecule has 2 aliphatic rings. The highest BCUT2D eigenvalue weighted by molar-refractivity contribution is 5.72. The molecule has 32 heavy (non-hydrogen) atoms. The summed E-state index contributed by atoms with van der Waals surface area (Å²) >= 11 is 0. The Balaban J connectivity index is 0.000000542. The summed E-state index contributed by atoms with van der Waals surface area (Å²) in [6, 6.07) is 0. The summed E-state index contributed by atoms with van der Waals surface area (Å²) in [5.41, 5.74) is 2.22. The van der Waals surface area contributed by atoms with Crippen LogP contribution in [0.3, 0.4) is 0 Å². The first-order chi connectivity index (χ1) is 15.6. The first-order valence-corrected chi connectivity index (χ1v) is 13.3. The second-order valence-electron chi connectivity index (χ2n) is 9.19. The molecule has 0 spiro atoms. The van der Waals surface area contributed by atoms with Crippen molar-refractivity contribution in [3.8, 4) is 0 Å². The van der Waals surface area contributed by atoms with Crippen molar-refractivity contribution in [2.75, 3.05) is 20.1 Å². The predicted molar refractivity (Wildman–Crippen MR) is 143 cm³/mol. The largest absolute Gasteiger partial charge is 0.334 e. The van der Waals surface area contributed by atoms with E-state index >= 15 is 0 Å². The molecule has 3 rings (SSSR count). The number of aromatic nitrogens is 2. The molecule has 1 aromatic heterocycles. The minimum absolute atomic E-state index is 0.531. The number of allylic oxidation sites excluding steroid dienone is 5. The fourth-order valence-electron chi connectivity index (χ4n) is 4.82. The van der Waals surface area contributed by atoms with Crippen LogP contribution in [-0.2, 0) is 6.54 Å². The monoisotopic (exact) mass is 441 g/mol. The van der Waals surface area contributed by atoms with E-state index in [0.29, 0.717) is 5.92 Å². The van der Waals surface area contributed by atoms with Gasteiger partial charge in [-0.25, -0.2) is 4.98 Å². The van der Waals surface area contributed by atoms with Crippen LogP contribution in [0, 0.1) is 5.92 Å². The molecule has 1 unspecified atom stereocenters. The van der Waals surface area contributed by atoms with Crippen LogP contribution in [0.1, 0.15) is 110 Å². The van der Waals surface area contributed by atoms with Crippen molar-refractivity contribution in [1.82, 2.24) is 14.5 Å². The Hall–Kier alpha value is -1.61. The van der Waals surface area contributed by atoms with Crippen LogP contribution in [-0.4, -0.2) is 34.6 Å². The van der Waals surface area contributed by atoms with Crippen molar-refractivity contribution < 1.29 is 0 Å². The van der Waals surface area contributed by atoms with Gasteiger partial charge in [-0.15, -0.1) is 0 Å². The summed E-state index contributed by atoms with van der Waals surface area (Å²) in [4.78, 5) is 7.39. The number of hydrogen-bond acceptors (Lipinski definition) is 2. The van der Waals surface area contributed by atoms with Gasteiger partial charge in [0.05, 0.1) is 5.69 Å². The Morgan fingerprint density at radius 1 is 1.16 bits per heavy atom. The predicted octanol–water partition coefficient (Wildman–Crippen LogP) is 8.25. The number of imidazole rings is 1. The first-order valence-electron chi connectivity index (χ1n) is 13.3. The van der Waals surface area contributed by atoms with Gasteiger partial charge in [0.2, 0.25) is 0 Å². The zero-order valence-corrected chi connectivity index (χ0v) is 22.1. The zero-order chi connectivity index (χ0) is 23.8. The molecule has 3 nitrogen and oxygen atoms in total. The van der Waals surface area contributed by atoms with Crippen molar-refractivity contribution in [1.29, 1.82) is 0 Å². The standard InChI is InChI=1S/C22H34N2.C5H11N.C2H6/c1-5-11-20(12-6-2)21-17-24(15-7-3)22(23-21)18(4)16-19-13-9-8-10-14-19;1-6-4-2-3-5-6;1-2/h5-6,11-12,17-19H,1,7-10,13-16H2,2-4H3;2-5H2,1H3;1-2H3/b12-6-,20-11+;;. The Kier molecular flexibility index (Phi) is 15.1. The van der Waals surface area contributed by atoms with Gasteiger partial charge in [0.1, 0.15) is 5.82 Å². The van der Waals surface area contributed by atoms with Gasteiger partial charge in [-0.05, 0) is 58.7 Å². The zero-order valence-electron chi connectivity index (χ0n) is 22.1. The third-order valence-corrected chi connectivity index (χ3v) is 6.39. The van der Waals surface area contributed by atoms with Gasteiger partial charge in [0, 0.05) is 24.2 Å². The van der Waals surface area contributed by atoms with Crippen LogP contribution in [0.4, 0.5) is 0 Å². The maximum atomic E-state index is 5.03. The Labute approximate surface area is 199 Å². The van der Waals surface area contributed by atoms with Crippen molar-refractivity contribution in [2.45, 2.75) is 105 Å². The smallest absolute Gasteiger partial charge is 0.112 e. The number of likely N-dealkylation sites (tertiary alicyclic amines) is 1. The maximum absolute atomic E-state index is 5.03. The number of rotatable bonds is 8. The SMILES string of the molecule is C=C/C=C(\C=C/C)c1cn(CCC)c(C(C)CC2CCCCC2)n1.CC.CN1CCCC1. The van der Waals surface area contributed by atoms with E-state index in [1.54, 1.807) is 0 Å². The van der Waals surface area contributed by atoms with Gasteiger partial charge in [-0.2, -0.15) is 0 Å². The molecule has 1 saturated heterocycles. The third-order valence-electron chi connectivity index (χ3n) is 6.39. The lowest BCUT2D eigenvalue weighted by Crippen LogP contribution is -2.13. The highest BCUT2D eigenvalue weighted by Gasteiger charge is 2.21. The van der Waals surface area contributed by atoms with E-state index in [9.17, 15) is 0 Å². The molecule has 2 fully saturated rings. The number of nitrogens with zero attached hydrogens (tertiary/aromatic N) is 3. The van der Waals surface area contributed by atoms with Gasteiger partial charge in [-0.3, -0.25) is 0 Å². The van der Waals surface area contributed by atoms with Crippen LogP contribution in [0.5, 0.6) is 0 Å². The van der Waals surface area contributed by atoms with Gasteiger partial charge < -0.3 is 9.47 Å². The van der Waals surface area contributed by atoms with E-state index in [1.165, 1.54) is 70.3 Å². The molecular weight excluding hydrogens is 390 g/mol. The lowest BCUT2D eigenvalue weighted by Gasteiger charge is -2.24. The molecule has 0 radical (unpaired) electrons. The molecule has 182 valence electrons. The molecule has 0 bridgehead atoms. The highest BCUT2D eigenvalue weighted by Crippen LogP contribution is 2.33. The van der Waals surface area contributed by atoms with Crippen molar-refractivity contribution in [2.24, 2.45) is 5.92 Å². The fourth-order valence-corrected chi connectivity index (χ4v) is 4.82. The second-order valence-corrected chi connectivity index (χ2v) is 9.19. The minimum Gasteiger partial charge on any atom is -0.334 e. The van der Waals surface area contributed by atoms with Crippen LogP contribution >= 0.6 is 0 Å². The summed E-state index contributed by atoms with van der Waals surface area (Å²) < 4.78 is 2.38. The van der Waals surface area contributed by atoms with E-state index in [2.05, 4.69) is 55.3 Å². The van der Waals surface area contributed by atoms with Gasteiger partial charge in [0.15, 0.2) is 0 Å². The summed E-state index contributed by atoms with van der Waals surface area (Å²) in [6.45, 7) is 18.2. The first kappa shape index (κ1) is 28.4. The minimum atomic E-state index is 0.531. The summed E-state index contributed by atoms with van der Waals surface area (Å²) in [5.74, 6) is 2.68. The Morgan fingerprint density at radius 3 is 2.31 bits per heavy atom.